The zero-order chi connectivity index (χ0) is 13.2. The molecule has 3 rings (SSSR count). The number of ketones is 1. The van der Waals surface area contributed by atoms with Crippen molar-refractivity contribution in [2.75, 3.05) is 18.0 Å². The molecule has 2 nitrogen and oxygen atoms in total. The summed E-state index contributed by atoms with van der Waals surface area (Å²) >= 11 is 1.53. The largest absolute Gasteiger partial charge is 0.363 e. The molecule has 1 unspecified atom stereocenters. The summed E-state index contributed by atoms with van der Waals surface area (Å²) in [4.78, 5) is 15.3. The molecule has 1 aliphatic heterocycles. The van der Waals surface area contributed by atoms with Gasteiger partial charge in [0.15, 0.2) is 5.78 Å². The number of anilines is 1. The zero-order valence-electron chi connectivity index (χ0n) is 11.0. The fraction of sp³-hybridized carbons (Fsp3) is 0.312. The van der Waals surface area contributed by atoms with Gasteiger partial charge in [0.1, 0.15) is 0 Å². The van der Waals surface area contributed by atoms with Gasteiger partial charge in [0.05, 0.1) is 11.4 Å². The summed E-state index contributed by atoms with van der Waals surface area (Å²) in [6.45, 7) is 3.70. The van der Waals surface area contributed by atoms with Crippen LogP contribution in [0.3, 0.4) is 0 Å². The van der Waals surface area contributed by atoms with Gasteiger partial charge in [0.2, 0.25) is 0 Å². The van der Waals surface area contributed by atoms with Crippen LogP contribution in [0, 0.1) is 5.92 Å². The lowest BCUT2D eigenvalue weighted by molar-refractivity contribution is 0.100. The lowest BCUT2D eigenvalue weighted by atomic mass is 9.94. The van der Waals surface area contributed by atoms with Crippen LogP contribution in [0.1, 0.15) is 22.2 Å². The van der Waals surface area contributed by atoms with E-state index in [2.05, 4.69) is 36.1 Å². The fourth-order valence-corrected chi connectivity index (χ4v) is 3.40. The first-order chi connectivity index (χ1) is 9.24. The number of carbonyl (C=O) groups excluding carboxylic acids is 1. The van der Waals surface area contributed by atoms with Crippen LogP contribution in [-0.4, -0.2) is 18.9 Å². The minimum absolute atomic E-state index is 0.221. The van der Waals surface area contributed by atoms with Gasteiger partial charge < -0.3 is 4.90 Å². The lowest BCUT2D eigenvalue weighted by Gasteiger charge is -2.34. The second-order valence-electron chi connectivity index (χ2n) is 5.22. The molecule has 0 radical (unpaired) electrons. The summed E-state index contributed by atoms with van der Waals surface area (Å²) in [5, 5.41) is 1.96. The van der Waals surface area contributed by atoms with Gasteiger partial charge in [-0.05, 0) is 35.4 Å². The topological polar surface area (TPSA) is 20.3 Å². The van der Waals surface area contributed by atoms with Crippen molar-refractivity contribution in [3.63, 3.8) is 0 Å². The van der Waals surface area contributed by atoms with Crippen LogP contribution in [0.2, 0.25) is 0 Å². The van der Waals surface area contributed by atoms with Crippen LogP contribution in [-0.2, 0) is 6.42 Å². The first-order valence-corrected chi connectivity index (χ1v) is 7.51. The highest BCUT2D eigenvalue weighted by Gasteiger charge is 2.23. The normalized spacial score (nSPS) is 18.2. The predicted molar refractivity (Wildman–Crippen MR) is 80.2 cm³/mol. The van der Waals surface area contributed by atoms with E-state index < -0.39 is 0 Å². The maximum Gasteiger partial charge on any atom is 0.191 e. The van der Waals surface area contributed by atoms with Gasteiger partial charge in [-0.15, -0.1) is 11.3 Å². The molecule has 1 aromatic carbocycles. The number of hydrogen-bond donors (Lipinski definition) is 0. The van der Waals surface area contributed by atoms with Crippen molar-refractivity contribution in [3.8, 4) is 0 Å². The number of Topliss-reactive ketones (excluding diaryl/α,β-unsaturated/α-hetero) is 1. The Balaban J connectivity index is 1.83. The molecule has 3 heteroatoms. The Kier molecular flexibility index (Phi) is 3.38. The highest BCUT2D eigenvalue weighted by Crippen LogP contribution is 2.29. The minimum atomic E-state index is 0.221. The van der Waals surface area contributed by atoms with Crippen molar-refractivity contribution in [3.05, 3.63) is 52.2 Å². The molecule has 1 aromatic heterocycles. The van der Waals surface area contributed by atoms with E-state index in [0.29, 0.717) is 12.5 Å². The highest BCUT2D eigenvalue weighted by atomic mass is 32.1. The smallest absolute Gasteiger partial charge is 0.191 e. The molecule has 0 saturated heterocycles. The van der Waals surface area contributed by atoms with E-state index in [1.807, 2.05) is 17.5 Å². The summed E-state index contributed by atoms with van der Waals surface area (Å²) in [7, 11) is 0. The van der Waals surface area contributed by atoms with Crippen LogP contribution in [0.5, 0.6) is 0 Å². The second kappa shape index (κ2) is 5.17. The van der Waals surface area contributed by atoms with E-state index in [0.717, 1.165) is 17.8 Å². The second-order valence-corrected chi connectivity index (χ2v) is 6.17. The molecule has 1 aliphatic rings. The zero-order valence-corrected chi connectivity index (χ0v) is 11.8. The molecular weight excluding hydrogens is 254 g/mol. The number of benzene rings is 1. The molecule has 0 N–H and O–H groups in total. The number of nitrogens with zero attached hydrogens (tertiary/aromatic N) is 1. The molecule has 0 saturated carbocycles. The van der Waals surface area contributed by atoms with E-state index >= 15 is 0 Å². The number of thiophene rings is 1. The summed E-state index contributed by atoms with van der Waals surface area (Å²) in [6.07, 6.45) is 1.11. The lowest BCUT2D eigenvalue weighted by Crippen LogP contribution is -2.37. The molecule has 1 atom stereocenters. The van der Waals surface area contributed by atoms with Crippen LogP contribution < -0.4 is 4.90 Å². The van der Waals surface area contributed by atoms with Gasteiger partial charge in [-0.3, -0.25) is 4.79 Å². The summed E-state index contributed by atoms with van der Waals surface area (Å²) < 4.78 is 0. The van der Waals surface area contributed by atoms with Gasteiger partial charge in [-0.25, -0.2) is 0 Å². The Labute approximate surface area is 117 Å². The molecule has 0 spiro atoms. The van der Waals surface area contributed by atoms with Crippen LogP contribution in [0.25, 0.3) is 0 Å². The Hall–Kier alpha value is -1.61. The fourth-order valence-electron chi connectivity index (χ4n) is 2.74. The van der Waals surface area contributed by atoms with Crippen LogP contribution in [0.15, 0.2) is 41.8 Å². The molecule has 0 amide bonds. The SMILES string of the molecule is CC1Cc2ccccc2N(CC(=O)c2cccs2)C1. The molecule has 98 valence electrons. The van der Waals surface area contributed by atoms with E-state index in [4.69, 9.17) is 0 Å². The highest BCUT2D eigenvalue weighted by molar-refractivity contribution is 7.12. The van der Waals surface area contributed by atoms with Gasteiger partial charge in [-0.1, -0.05) is 31.2 Å². The van der Waals surface area contributed by atoms with Crippen molar-refractivity contribution < 1.29 is 4.79 Å². The molecule has 0 bridgehead atoms. The van der Waals surface area contributed by atoms with E-state index in [9.17, 15) is 4.79 Å². The Morgan fingerprint density at radius 3 is 2.95 bits per heavy atom. The number of fused-ring (bicyclic) bond motifs is 1. The number of para-hydroxylation sites is 1. The number of hydrogen-bond acceptors (Lipinski definition) is 3. The van der Waals surface area contributed by atoms with Crippen molar-refractivity contribution in [2.24, 2.45) is 5.92 Å². The third-order valence-electron chi connectivity index (χ3n) is 3.56. The monoisotopic (exact) mass is 271 g/mol. The Morgan fingerprint density at radius 1 is 1.32 bits per heavy atom. The standard InChI is InChI=1S/C16H17NOS/c1-12-9-13-5-2-3-6-14(13)17(10-12)11-15(18)16-7-4-8-19-16/h2-8,12H,9-11H2,1H3. The average molecular weight is 271 g/mol. The quantitative estimate of drug-likeness (QED) is 0.795. The maximum atomic E-state index is 12.3. The van der Waals surface area contributed by atoms with Gasteiger partial charge in [0.25, 0.3) is 0 Å². The van der Waals surface area contributed by atoms with E-state index in [-0.39, 0.29) is 5.78 Å². The van der Waals surface area contributed by atoms with Gasteiger partial charge in [-0.2, -0.15) is 0 Å². The molecule has 0 aliphatic carbocycles. The molecular formula is C16H17NOS. The number of rotatable bonds is 3. The van der Waals surface area contributed by atoms with Gasteiger partial charge in [0, 0.05) is 12.2 Å². The third kappa shape index (κ3) is 2.56. The van der Waals surface area contributed by atoms with Crippen molar-refractivity contribution in [1.82, 2.24) is 0 Å². The van der Waals surface area contributed by atoms with Crippen molar-refractivity contribution in [1.29, 1.82) is 0 Å². The molecule has 2 heterocycles. The summed E-state index contributed by atoms with van der Waals surface area (Å²) in [5.74, 6) is 0.824. The number of carbonyl (C=O) groups is 1. The first kappa shape index (κ1) is 12.4. The maximum absolute atomic E-state index is 12.3. The predicted octanol–water partition coefficient (Wildman–Crippen LogP) is 3.63. The van der Waals surface area contributed by atoms with Crippen molar-refractivity contribution in [2.45, 2.75) is 13.3 Å². The first-order valence-electron chi connectivity index (χ1n) is 6.63. The Morgan fingerprint density at radius 2 is 2.16 bits per heavy atom. The minimum Gasteiger partial charge on any atom is -0.363 e. The summed E-state index contributed by atoms with van der Waals surface area (Å²) in [5.41, 5.74) is 2.59. The van der Waals surface area contributed by atoms with E-state index in [1.54, 1.807) is 0 Å². The molecule has 19 heavy (non-hydrogen) atoms. The Bertz CT molecular complexity index is 576. The van der Waals surface area contributed by atoms with E-state index in [1.165, 1.54) is 22.6 Å². The molecule has 0 fully saturated rings. The van der Waals surface area contributed by atoms with Crippen molar-refractivity contribution >= 4 is 22.8 Å². The third-order valence-corrected chi connectivity index (χ3v) is 4.47. The van der Waals surface area contributed by atoms with Gasteiger partial charge >= 0.3 is 0 Å². The summed E-state index contributed by atoms with van der Waals surface area (Å²) in [6, 6.07) is 12.3. The van der Waals surface area contributed by atoms with Crippen LogP contribution >= 0.6 is 11.3 Å². The average Bonchev–Trinajstić information content (AvgIpc) is 2.92. The van der Waals surface area contributed by atoms with Crippen LogP contribution in [0.4, 0.5) is 5.69 Å². The molecule has 2 aromatic rings.